The third-order valence-electron chi connectivity index (χ3n) is 2.50. The summed E-state index contributed by atoms with van der Waals surface area (Å²) in [5.41, 5.74) is 6.78. The lowest BCUT2D eigenvalue weighted by molar-refractivity contribution is 0.0521. The average molecular weight is 260 g/mol. The molecule has 0 aliphatic carbocycles. The fourth-order valence-electron chi connectivity index (χ4n) is 1.63. The number of carbonyl (C=O) groups excluding carboxylic acids is 1. The second-order valence-electron chi connectivity index (χ2n) is 3.67. The molecule has 1 aromatic carbocycles. The van der Waals surface area contributed by atoms with Crippen LogP contribution in [-0.2, 0) is 4.74 Å². The Morgan fingerprint density at radius 2 is 2.28 bits per heavy atom. The van der Waals surface area contributed by atoms with Crippen LogP contribution in [-0.4, -0.2) is 25.4 Å². The van der Waals surface area contributed by atoms with E-state index in [1.807, 2.05) is 0 Å². The van der Waals surface area contributed by atoms with E-state index in [2.05, 4.69) is 4.98 Å². The Morgan fingerprint density at radius 1 is 1.56 bits per heavy atom. The molecule has 0 fully saturated rings. The monoisotopic (exact) mass is 260 g/mol. The number of pyridine rings is 1. The van der Waals surface area contributed by atoms with Crippen LogP contribution < -0.4 is 11.2 Å². The highest BCUT2D eigenvalue weighted by atomic mass is 35.5. The number of benzene rings is 1. The molecule has 0 unspecified atom stereocenters. The zero-order chi connectivity index (χ0) is 13.3. The molecule has 0 saturated heterocycles. The summed E-state index contributed by atoms with van der Waals surface area (Å²) >= 11 is 5.88. The predicted molar refractivity (Wildman–Crippen MR) is 72.5 cm³/mol. The molecular weight excluding hydrogens is 250 g/mol. The maximum absolute atomic E-state index is 11.7. The second kappa shape index (κ2) is 4.86. The number of nitrogens with two attached hydrogens (primary N) is 1. The van der Waals surface area contributed by atoms with Crippen LogP contribution in [0.1, 0.15) is 17.4 Å². The minimum absolute atomic E-state index is 0.0316. The minimum Gasteiger partial charge on any atom is -0.461 e. The smallest absolute Gasteiger partial charge is 0.359 e. The van der Waals surface area contributed by atoms with Crippen LogP contribution >= 0.6 is 11.6 Å². The molecule has 2 N–H and O–H groups in total. The largest absolute Gasteiger partial charge is 0.461 e. The molecule has 0 aliphatic rings. The molecule has 18 heavy (non-hydrogen) atoms. The number of carbonyl (C=O) groups is 1. The minimum atomic E-state index is -0.585. The van der Waals surface area contributed by atoms with Gasteiger partial charge in [0.25, 0.3) is 0 Å². The lowest BCUT2D eigenvalue weighted by Crippen LogP contribution is -2.20. The van der Waals surface area contributed by atoms with Gasteiger partial charge in [-0.2, -0.15) is 0 Å². The number of fused-ring (bicyclic) bond motifs is 1. The van der Waals surface area contributed by atoms with Crippen molar-refractivity contribution < 1.29 is 9.53 Å². The Kier molecular flexibility index (Phi) is 3.43. The van der Waals surface area contributed by atoms with Crippen LogP contribution in [0.2, 0.25) is 5.02 Å². The molecule has 1 aromatic heterocycles. The first kappa shape index (κ1) is 12.7. The highest BCUT2D eigenvalue weighted by Gasteiger charge is 2.16. The van der Waals surface area contributed by atoms with E-state index in [1.165, 1.54) is 0 Å². The van der Waals surface area contributed by atoms with Crippen LogP contribution in [0.25, 0.3) is 10.9 Å². The summed E-state index contributed by atoms with van der Waals surface area (Å²) in [4.78, 5) is 15.8. The number of rotatable bonds is 2. The molecule has 0 bridgehead atoms. The first-order chi connectivity index (χ1) is 8.54. The molecule has 0 aliphatic heterocycles. The highest BCUT2D eigenvalue weighted by molar-refractivity contribution is 6.43. The van der Waals surface area contributed by atoms with Crippen molar-refractivity contribution in [1.82, 2.24) is 4.98 Å². The number of aromatic nitrogens is 1. The average Bonchev–Trinajstić information content (AvgIpc) is 2.34. The van der Waals surface area contributed by atoms with Crippen molar-refractivity contribution in [2.24, 2.45) is 0 Å². The van der Waals surface area contributed by atoms with E-state index in [0.29, 0.717) is 15.9 Å². The van der Waals surface area contributed by atoms with Gasteiger partial charge in [-0.15, -0.1) is 0 Å². The third-order valence-corrected chi connectivity index (χ3v) is 2.73. The summed E-state index contributed by atoms with van der Waals surface area (Å²) in [5.74, 6) is -0.585. The third kappa shape index (κ3) is 2.13. The lowest BCUT2D eigenvalue weighted by atomic mass is 9.89. The van der Waals surface area contributed by atoms with Gasteiger partial charge in [-0.05, 0) is 30.5 Å². The molecule has 0 saturated carbocycles. The van der Waals surface area contributed by atoms with Crippen molar-refractivity contribution in [2.75, 3.05) is 12.3 Å². The summed E-state index contributed by atoms with van der Waals surface area (Å²) < 4.78 is 4.87. The number of esters is 1. The van der Waals surface area contributed by atoms with Gasteiger partial charge in [0.2, 0.25) is 0 Å². The number of ether oxygens (including phenoxy) is 1. The molecule has 1 heterocycles. The van der Waals surface area contributed by atoms with Crippen LogP contribution in [0, 0.1) is 0 Å². The van der Waals surface area contributed by atoms with Crippen molar-refractivity contribution in [3.63, 3.8) is 0 Å². The van der Waals surface area contributed by atoms with Crippen LogP contribution in [0.5, 0.6) is 0 Å². The molecule has 2 rings (SSSR count). The molecule has 90 valence electrons. The van der Waals surface area contributed by atoms with Crippen LogP contribution in [0.3, 0.4) is 0 Å². The SMILES string of the molecule is [B]c1c(N)c(C(=O)OCC)nc2ccc(Cl)cc12. The van der Waals surface area contributed by atoms with Crippen molar-refractivity contribution in [3.8, 4) is 0 Å². The Bertz CT molecular complexity index is 631. The first-order valence-electron chi connectivity index (χ1n) is 5.36. The van der Waals surface area contributed by atoms with Crippen molar-refractivity contribution in [3.05, 3.63) is 28.9 Å². The summed E-state index contributed by atoms with van der Waals surface area (Å²) in [6.07, 6.45) is 0. The molecule has 4 nitrogen and oxygen atoms in total. The summed E-state index contributed by atoms with van der Waals surface area (Å²) in [5, 5.41) is 1.15. The number of nitrogens with zero attached hydrogens (tertiary/aromatic N) is 1. The van der Waals surface area contributed by atoms with Gasteiger partial charge in [0, 0.05) is 5.02 Å². The van der Waals surface area contributed by atoms with Gasteiger partial charge >= 0.3 is 5.97 Å². The van der Waals surface area contributed by atoms with Gasteiger partial charge in [0.1, 0.15) is 7.85 Å². The zero-order valence-corrected chi connectivity index (χ0v) is 10.5. The Hall–Kier alpha value is -1.75. The van der Waals surface area contributed by atoms with Gasteiger partial charge in [-0.1, -0.05) is 17.1 Å². The van der Waals surface area contributed by atoms with Gasteiger partial charge in [-0.25, -0.2) is 9.78 Å². The van der Waals surface area contributed by atoms with Crippen LogP contribution in [0.15, 0.2) is 18.2 Å². The van der Waals surface area contributed by atoms with E-state index in [9.17, 15) is 4.79 Å². The molecule has 6 heteroatoms. The van der Waals surface area contributed by atoms with Crippen molar-refractivity contribution in [2.45, 2.75) is 6.92 Å². The van der Waals surface area contributed by atoms with Gasteiger partial charge < -0.3 is 10.5 Å². The van der Waals surface area contributed by atoms with Gasteiger partial charge in [-0.3, -0.25) is 0 Å². The zero-order valence-electron chi connectivity index (χ0n) is 9.74. The highest BCUT2D eigenvalue weighted by Crippen LogP contribution is 2.20. The van der Waals surface area contributed by atoms with E-state index in [4.69, 9.17) is 29.9 Å². The number of nitrogen functional groups attached to an aromatic ring is 1. The molecule has 0 spiro atoms. The molecule has 0 atom stereocenters. The topological polar surface area (TPSA) is 65.2 Å². The summed E-state index contributed by atoms with van der Waals surface area (Å²) in [7, 11) is 5.89. The van der Waals surface area contributed by atoms with Gasteiger partial charge in [0.15, 0.2) is 5.69 Å². The molecule has 2 radical (unpaired) electrons. The van der Waals surface area contributed by atoms with E-state index in [0.717, 1.165) is 0 Å². The quantitative estimate of drug-likeness (QED) is 0.655. The van der Waals surface area contributed by atoms with E-state index in [-0.39, 0.29) is 23.5 Å². The van der Waals surface area contributed by atoms with E-state index >= 15 is 0 Å². The fraction of sp³-hybridized carbons (Fsp3) is 0.167. The Labute approximate surface area is 110 Å². The maximum Gasteiger partial charge on any atom is 0.359 e. The van der Waals surface area contributed by atoms with Gasteiger partial charge in [0.05, 0.1) is 17.8 Å². The maximum atomic E-state index is 11.7. The molecular formula is C12H10BClN2O2. The van der Waals surface area contributed by atoms with Crippen molar-refractivity contribution >= 4 is 47.5 Å². The lowest BCUT2D eigenvalue weighted by Gasteiger charge is -2.11. The number of anilines is 1. The number of hydrogen-bond donors (Lipinski definition) is 1. The first-order valence-corrected chi connectivity index (χ1v) is 5.73. The second-order valence-corrected chi connectivity index (χ2v) is 4.11. The summed E-state index contributed by atoms with van der Waals surface area (Å²) in [6, 6.07) is 5.00. The van der Waals surface area contributed by atoms with E-state index in [1.54, 1.807) is 25.1 Å². The standard InChI is InChI=1S/C12H10BClN2O2/c1-2-18-12(17)11-10(15)9(13)7-5-6(14)3-4-8(7)16-11/h3-5H,2,15H2,1H3. The molecule has 0 amide bonds. The predicted octanol–water partition coefficient (Wildman–Crippen LogP) is 1.44. The Balaban J connectivity index is 2.67. The van der Waals surface area contributed by atoms with Crippen LogP contribution in [0.4, 0.5) is 5.69 Å². The van der Waals surface area contributed by atoms with E-state index < -0.39 is 5.97 Å². The molecule has 2 aromatic rings. The fourth-order valence-corrected chi connectivity index (χ4v) is 1.80. The number of halogens is 1. The van der Waals surface area contributed by atoms with Crippen molar-refractivity contribution in [1.29, 1.82) is 0 Å². The summed E-state index contributed by atoms with van der Waals surface area (Å²) in [6.45, 7) is 1.96. The normalized spacial score (nSPS) is 10.6. The Morgan fingerprint density at radius 3 is 2.94 bits per heavy atom. The number of hydrogen-bond acceptors (Lipinski definition) is 4.